The first-order valence-corrected chi connectivity index (χ1v) is 8.80. The van der Waals surface area contributed by atoms with Gasteiger partial charge < -0.3 is 10.2 Å². The first-order chi connectivity index (χ1) is 9.60. The molecule has 1 aromatic rings. The Bertz CT molecular complexity index is 402. The summed E-state index contributed by atoms with van der Waals surface area (Å²) in [6.07, 6.45) is 4.04. The maximum atomic E-state index is 3.81. The smallest absolute Gasteiger partial charge is 0.0361 e. The van der Waals surface area contributed by atoms with Crippen LogP contribution in [0.3, 0.4) is 0 Å². The maximum Gasteiger partial charge on any atom is 0.0361 e. The molecular weight excluding hydrogens is 264 g/mol. The molecule has 3 heteroatoms. The van der Waals surface area contributed by atoms with Crippen molar-refractivity contribution in [3.05, 3.63) is 29.8 Å². The molecule has 0 radical (unpaired) electrons. The molecule has 2 nitrogen and oxygen atoms in total. The van der Waals surface area contributed by atoms with Crippen LogP contribution in [-0.4, -0.2) is 31.1 Å². The molecule has 1 aliphatic rings. The molecule has 3 unspecified atom stereocenters. The molecule has 2 rings (SSSR count). The van der Waals surface area contributed by atoms with E-state index in [1.807, 2.05) is 0 Å². The van der Waals surface area contributed by atoms with Crippen LogP contribution in [0.25, 0.3) is 0 Å². The number of anilines is 1. The second kappa shape index (κ2) is 7.37. The molecule has 1 N–H and O–H groups in total. The van der Waals surface area contributed by atoms with Gasteiger partial charge in [-0.05, 0) is 49.6 Å². The summed E-state index contributed by atoms with van der Waals surface area (Å²) >= 11 is 2.13. The lowest BCUT2D eigenvalue weighted by Gasteiger charge is -2.21. The van der Waals surface area contributed by atoms with Gasteiger partial charge in [0.2, 0.25) is 0 Å². The van der Waals surface area contributed by atoms with E-state index < -0.39 is 0 Å². The first kappa shape index (κ1) is 15.7. The first-order valence-electron chi connectivity index (χ1n) is 7.75. The Balaban J connectivity index is 1.87. The van der Waals surface area contributed by atoms with Gasteiger partial charge >= 0.3 is 0 Å². The Kier molecular flexibility index (Phi) is 5.79. The highest BCUT2D eigenvalue weighted by Gasteiger charge is 2.25. The molecule has 112 valence electrons. The molecule has 0 amide bonds. The fourth-order valence-electron chi connectivity index (χ4n) is 2.99. The molecule has 0 spiro atoms. The van der Waals surface area contributed by atoms with Crippen LogP contribution in [0.2, 0.25) is 0 Å². The van der Waals surface area contributed by atoms with Gasteiger partial charge in [0, 0.05) is 37.1 Å². The summed E-state index contributed by atoms with van der Waals surface area (Å²) in [5, 5.41) is 4.68. The molecule has 1 aromatic carbocycles. The Morgan fingerprint density at radius 3 is 2.55 bits per heavy atom. The Hall–Kier alpha value is -0.670. The minimum atomic E-state index is 0.446. The largest absolute Gasteiger partial charge is 0.378 e. The van der Waals surface area contributed by atoms with Crippen LogP contribution in [0, 0.1) is 0 Å². The molecule has 0 aromatic heterocycles. The lowest BCUT2D eigenvalue weighted by molar-refractivity contribution is 0.462. The summed E-state index contributed by atoms with van der Waals surface area (Å²) in [4.78, 5) is 2.14. The van der Waals surface area contributed by atoms with Crippen molar-refractivity contribution in [2.24, 2.45) is 0 Å². The summed E-state index contributed by atoms with van der Waals surface area (Å²) in [5.41, 5.74) is 2.66. The summed E-state index contributed by atoms with van der Waals surface area (Å²) in [6.45, 7) is 4.55. The van der Waals surface area contributed by atoms with Crippen LogP contribution in [-0.2, 0) is 0 Å². The van der Waals surface area contributed by atoms with Gasteiger partial charge in [0.05, 0.1) is 0 Å². The molecule has 1 fully saturated rings. The number of thioether (sulfide) groups is 1. The molecule has 20 heavy (non-hydrogen) atoms. The molecular formula is C17H28N2S. The molecule has 1 aliphatic carbocycles. The van der Waals surface area contributed by atoms with E-state index in [-0.39, 0.29) is 0 Å². The van der Waals surface area contributed by atoms with Crippen LogP contribution in [0.15, 0.2) is 24.3 Å². The Labute approximate surface area is 128 Å². The SMILES string of the molecule is CCSC1CCC(NC(C)c2ccc(N(C)C)cc2)C1. The zero-order valence-electron chi connectivity index (χ0n) is 13.2. The highest BCUT2D eigenvalue weighted by Crippen LogP contribution is 2.31. The highest BCUT2D eigenvalue weighted by atomic mass is 32.2. The summed E-state index contributed by atoms with van der Waals surface area (Å²) < 4.78 is 0. The van der Waals surface area contributed by atoms with Gasteiger partial charge in [0.25, 0.3) is 0 Å². The average molecular weight is 292 g/mol. The maximum absolute atomic E-state index is 3.81. The van der Waals surface area contributed by atoms with E-state index in [4.69, 9.17) is 0 Å². The predicted octanol–water partition coefficient (Wildman–Crippen LogP) is 4.08. The van der Waals surface area contributed by atoms with E-state index in [1.54, 1.807) is 0 Å². The van der Waals surface area contributed by atoms with Crippen LogP contribution in [0.5, 0.6) is 0 Å². The molecule has 1 saturated carbocycles. The topological polar surface area (TPSA) is 15.3 Å². The van der Waals surface area contributed by atoms with E-state index in [2.05, 4.69) is 74.2 Å². The summed E-state index contributed by atoms with van der Waals surface area (Å²) in [6, 6.07) is 10.1. The second-order valence-electron chi connectivity index (χ2n) is 5.96. The van der Waals surface area contributed by atoms with E-state index >= 15 is 0 Å². The van der Waals surface area contributed by atoms with Crippen LogP contribution in [0.1, 0.15) is 44.7 Å². The summed E-state index contributed by atoms with van der Waals surface area (Å²) in [7, 11) is 4.17. The summed E-state index contributed by atoms with van der Waals surface area (Å²) in [5.74, 6) is 1.25. The van der Waals surface area contributed by atoms with Gasteiger partial charge in [-0.1, -0.05) is 19.1 Å². The molecule has 0 aliphatic heterocycles. The third-order valence-electron chi connectivity index (χ3n) is 4.18. The molecule has 0 saturated heterocycles. The van der Waals surface area contributed by atoms with Gasteiger partial charge in [-0.3, -0.25) is 0 Å². The quantitative estimate of drug-likeness (QED) is 0.850. The van der Waals surface area contributed by atoms with E-state index in [1.165, 1.54) is 36.3 Å². The number of hydrogen-bond donors (Lipinski definition) is 1. The van der Waals surface area contributed by atoms with E-state index in [0.717, 1.165) is 5.25 Å². The van der Waals surface area contributed by atoms with Gasteiger partial charge in [-0.15, -0.1) is 0 Å². The normalized spacial score (nSPS) is 23.8. The van der Waals surface area contributed by atoms with Gasteiger partial charge in [0.1, 0.15) is 0 Å². The van der Waals surface area contributed by atoms with Crippen molar-refractivity contribution in [2.45, 2.75) is 50.4 Å². The van der Waals surface area contributed by atoms with E-state index in [9.17, 15) is 0 Å². The number of benzene rings is 1. The van der Waals surface area contributed by atoms with Crippen LogP contribution in [0.4, 0.5) is 5.69 Å². The van der Waals surface area contributed by atoms with Crippen LogP contribution >= 0.6 is 11.8 Å². The van der Waals surface area contributed by atoms with Crippen molar-refractivity contribution in [2.75, 3.05) is 24.7 Å². The minimum Gasteiger partial charge on any atom is -0.378 e. The number of nitrogens with one attached hydrogen (secondary N) is 1. The Morgan fingerprint density at radius 1 is 1.25 bits per heavy atom. The third kappa shape index (κ3) is 4.16. The lowest BCUT2D eigenvalue weighted by atomic mass is 10.1. The predicted molar refractivity (Wildman–Crippen MR) is 91.9 cm³/mol. The van der Waals surface area contributed by atoms with Crippen molar-refractivity contribution >= 4 is 17.4 Å². The highest BCUT2D eigenvalue weighted by molar-refractivity contribution is 7.99. The lowest BCUT2D eigenvalue weighted by Crippen LogP contribution is -2.29. The fourth-order valence-corrected chi connectivity index (χ4v) is 4.13. The number of hydrogen-bond acceptors (Lipinski definition) is 3. The van der Waals surface area contributed by atoms with Gasteiger partial charge in [0.15, 0.2) is 0 Å². The minimum absolute atomic E-state index is 0.446. The van der Waals surface area contributed by atoms with Crippen molar-refractivity contribution in [3.8, 4) is 0 Å². The van der Waals surface area contributed by atoms with Crippen molar-refractivity contribution in [1.82, 2.24) is 5.32 Å². The van der Waals surface area contributed by atoms with Crippen molar-refractivity contribution < 1.29 is 0 Å². The molecule has 0 heterocycles. The fraction of sp³-hybridized carbons (Fsp3) is 0.647. The second-order valence-corrected chi connectivity index (χ2v) is 7.54. The monoisotopic (exact) mass is 292 g/mol. The zero-order valence-corrected chi connectivity index (χ0v) is 14.0. The van der Waals surface area contributed by atoms with Crippen molar-refractivity contribution in [1.29, 1.82) is 0 Å². The number of rotatable bonds is 6. The third-order valence-corrected chi connectivity index (χ3v) is 5.41. The van der Waals surface area contributed by atoms with Crippen molar-refractivity contribution in [3.63, 3.8) is 0 Å². The van der Waals surface area contributed by atoms with Crippen LogP contribution < -0.4 is 10.2 Å². The molecule has 0 bridgehead atoms. The van der Waals surface area contributed by atoms with Gasteiger partial charge in [-0.2, -0.15) is 11.8 Å². The average Bonchev–Trinajstić information content (AvgIpc) is 2.86. The zero-order chi connectivity index (χ0) is 14.5. The Morgan fingerprint density at radius 2 is 1.95 bits per heavy atom. The standard InChI is InChI=1S/C17H28N2S/c1-5-20-17-11-8-15(12-17)18-13(2)14-6-9-16(10-7-14)19(3)4/h6-7,9-10,13,15,17-18H,5,8,11-12H2,1-4H3. The van der Waals surface area contributed by atoms with E-state index in [0.29, 0.717) is 12.1 Å². The van der Waals surface area contributed by atoms with Gasteiger partial charge in [-0.25, -0.2) is 0 Å². The molecule has 3 atom stereocenters. The number of nitrogens with zero attached hydrogens (tertiary/aromatic N) is 1.